The molecule has 1 N–H and O–H groups in total. The number of carbonyl (C=O) groups is 1. The molecule has 0 spiro atoms. The number of esters is 1. The molecule has 19 heavy (non-hydrogen) atoms. The van der Waals surface area contributed by atoms with Crippen molar-refractivity contribution in [2.75, 3.05) is 32.8 Å². The molecule has 2 heterocycles. The number of nitrogens with zero attached hydrogens (tertiary/aromatic N) is 3. The average molecular weight is 288 g/mol. The Morgan fingerprint density at radius 3 is 2.68 bits per heavy atom. The van der Waals surface area contributed by atoms with E-state index in [-0.39, 0.29) is 23.8 Å². The van der Waals surface area contributed by atoms with Crippen LogP contribution in [-0.4, -0.2) is 62.2 Å². The summed E-state index contributed by atoms with van der Waals surface area (Å²) in [6.07, 6.45) is -0.0922. The highest BCUT2D eigenvalue weighted by Gasteiger charge is 2.34. The van der Waals surface area contributed by atoms with Gasteiger partial charge in [0, 0.05) is 26.2 Å². The molecule has 0 radical (unpaired) electrons. The Labute approximate surface area is 111 Å². The second-order valence-electron chi connectivity index (χ2n) is 4.09. The van der Waals surface area contributed by atoms with Gasteiger partial charge in [0.1, 0.15) is 0 Å². The zero-order valence-electron chi connectivity index (χ0n) is 10.6. The van der Waals surface area contributed by atoms with Crippen molar-refractivity contribution in [1.82, 2.24) is 9.62 Å². The predicted octanol–water partition coefficient (Wildman–Crippen LogP) is -1.06. The van der Waals surface area contributed by atoms with Crippen molar-refractivity contribution in [2.24, 2.45) is 10.2 Å². The molecule has 0 saturated carbocycles. The van der Waals surface area contributed by atoms with Crippen LogP contribution >= 0.6 is 0 Å². The lowest BCUT2D eigenvalue weighted by atomic mass is 10.3. The Morgan fingerprint density at radius 2 is 2.05 bits per heavy atom. The van der Waals surface area contributed by atoms with Gasteiger partial charge in [0.05, 0.1) is 13.0 Å². The van der Waals surface area contributed by atoms with Crippen molar-refractivity contribution in [1.29, 1.82) is 0 Å². The monoisotopic (exact) mass is 288 g/mol. The summed E-state index contributed by atoms with van der Waals surface area (Å²) < 4.78 is 30.6. The zero-order valence-corrected chi connectivity index (χ0v) is 11.4. The minimum atomic E-state index is -3.62. The Bertz CT molecular complexity index is 520. The second kappa shape index (κ2) is 5.76. The Kier molecular flexibility index (Phi) is 4.27. The number of rotatable bonds is 3. The SMILES string of the molecule is CCOC(=O)C1=NN=C(S(=O)(=O)N2CCNCC2)C1. The summed E-state index contributed by atoms with van der Waals surface area (Å²) in [5, 5.41) is 10.2. The van der Waals surface area contributed by atoms with Crippen LogP contribution in [0.4, 0.5) is 0 Å². The summed E-state index contributed by atoms with van der Waals surface area (Å²) in [5.41, 5.74) is 0.0376. The standard InChI is InChI=1S/C10H16N4O4S/c1-2-18-10(15)8-7-9(13-12-8)19(16,17)14-5-3-11-4-6-14/h11H,2-7H2,1H3. The predicted molar refractivity (Wildman–Crippen MR) is 69.5 cm³/mol. The average Bonchev–Trinajstić information content (AvgIpc) is 2.90. The van der Waals surface area contributed by atoms with E-state index in [1.807, 2.05) is 0 Å². The van der Waals surface area contributed by atoms with Gasteiger partial charge in [0.15, 0.2) is 10.8 Å². The van der Waals surface area contributed by atoms with Crippen molar-refractivity contribution in [2.45, 2.75) is 13.3 Å². The van der Waals surface area contributed by atoms with E-state index in [1.165, 1.54) is 4.31 Å². The minimum Gasteiger partial charge on any atom is -0.461 e. The van der Waals surface area contributed by atoms with Gasteiger partial charge < -0.3 is 10.1 Å². The number of hydrogen-bond acceptors (Lipinski definition) is 7. The fourth-order valence-corrected chi connectivity index (χ4v) is 3.26. The van der Waals surface area contributed by atoms with E-state index in [0.29, 0.717) is 26.2 Å². The molecule has 0 bridgehead atoms. The van der Waals surface area contributed by atoms with Crippen LogP contribution in [0.25, 0.3) is 0 Å². The molecule has 0 amide bonds. The number of carbonyl (C=O) groups excluding carboxylic acids is 1. The maximum absolute atomic E-state index is 12.3. The molecule has 0 aromatic rings. The lowest BCUT2D eigenvalue weighted by molar-refractivity contribution is -0.135. The summed E-state index contributed by atoms with van der Waals surface area (Å²) in [6, 6.07) is 0. The van der Waals surface area contributed by atoms with Gasteiger partial charge in [-0.1, -0.05) is 0 Å². The summed E-state index contributed by atoms with van der Waals surface area (Å²) in [4.78, 5) is 11.4. The highest BCUT2D eigenvalue weighted by atomic mass is 32.2. The Morgan fingerprint density at radius 1 is 1.37 bits per heavy atom. The van der Waals surface area contributed by atoms with Gasteiger partial charge >= 0.3 is 5.97 Å². The largest absolute Gasteiger partial charge is 0.461 e. The summed E-state index contributed by atoms with van der Waals surface area (Å²) in [6.45, 7) is 3.91. The minimum absolute atomic E-state index is 0.0376. The van der Waals surface area contributed by atoms with Gasteiger partial charge in [0.25, 0.3) is 10.0 Å². The Hall–Kier alpha value is -1.32. The molecular formula is C10H16N4O4S. The molecule has 0 aromatic heterocycles. The van der Waals surface area contributed by atoms with Crippen LogP contribution in [-0.2, 0) is 19.6 Å². The number of nitrogens with one attached hydrogen (secondary N) is 1. The third-order valence-electron chi connectivity index (χ3n) is 2.83. The molecule has 1 fully saturated rings. The third kappa shape index (κ3) is 2.99. The number of hydrogen-bond donors (Lipinski definition) is 1. The lowest BCUT2D eigenvalue weighted by Crippen LogP contribution is -2.48. The fraction of sp³-hybridized carbons (Fsp3) is 0.700. The smallest absolute Gasteiger partial charge is 0.355 e. The first-order valence-corrected chi connectivity index (χ1v) is 7.51. The van der Waals surface area contributed by atoms with Gasteiger partial charge in [-0.05, 0) is 6.92 Å². The van der Waals surface area contributed by atoms with Crippen LogP contribution in [0, 0.1) is 0 Å². The van der Waals surface area contributed by atoms with Gasteiger partial charge in [-0.25, -0.2) is 13.2 Å². The molecule has 8 nitrogen and oxygen atoms in total. The van der Waals surface area contributed by atoms with Gasteiger partial charge in [-0.3, -0.25) is 0 Å². The Balaban J connectivity index is 2.03. The quantitative estimate of drug-likeness (QED) is 0.667. The normalized spacial score (nSPS) is 20.9. The first-order chi connectivity index (χ1) is 9.05. The van der Waals surface area contributed by atoms with Crippen LogP contribution in [0.3, 0.4) is 0 Å². The number of piperazine rings is 1. The highest BCUT2D eigenvalue weighted by Crippen LogP contribution is 2.14. The van der Waals surface area contributed by atoms with Gasteiger partial charge in [-0.2, -0.15) is 4.31 Å². The molecule has 1 saturated heterocycles. The summed E-state index contributed by atoms with van der Waals surface area (Å²) in [5.74, 6) is -0.614. The molecule has 2 aliphatic heterocycles. The topological polar surface area (TPSA) is 100 Å². The molecule has 0 aliphatic carbocycles. The molecule has 2 aliphatic rings. The maximum Gasteiger partial charge on any atom is 0.355 e. The second-order valence-corrected chi connectivity index (χ2v) is 6.03. The highest BCUT2D eigenvalue weighted by molar-refractivity contribution is 8.04. The first-order valence-electron chi connectivity index (χ1n) is 6.07. The van der Waals surface area contributed by atoms with Crippen LogP contribution in [0.1, 0.15) is 13.3 Å². The van der Waals surface area contributed by atoms with E-state index >= 15 is 0 Å². The molecule has 0 atom stereocenters. The van der Waals surface area contributed by atoms with Gasteiger partial charge in [0.2, 0.25) is 0 Å². The van der Waals surface area contributed by atoms with Crippen LogP contribution in [0.2, 0.25) is 0 Å². The van der Waals surface area contributed by atoms with E-state index in [4.69, 9.17) is 4.74 Å². The van der Waals surface area contributed by atoms with Crippen LogP contribution < -0.4 is 5.32 Å². The molecular weight excluding hydrogens is 272 g/mol. The van der Waals surface area contributed by atoms with Crippen molar-refractivity contribution in [3.05, 3.63) is 0 Å². The third-order valence-corrected chi connectivity index (χ3v) is 4.69. The van der Waals surface area contributed by atoms with E-state index in [2.05, 4.69) is 15.5 Å². The molecule has 0 unspecified atom stereocenters. The summed E-state index contributed by atoms with van der Waals surface area (Å²) in [7, 11) is -3.62. The van der Waals surface area contributed by atoms with Crippen molar-refractivity contribution in [3.63, 3.8) is 0 Å². The van der Waals surface area contributed by atoms with E-state index in [0.717, 1.165) is 0 Å². The van der Waals surface area contributed by atoms with Crippen molar-refractivity contribution in [3.8, 4) is 0 Å². The fourth-order valence-electron chi connectivity index (χ4n) is 1.83. The van der Waals surface area contributed by atoms with Crippen LogP contribution in [0.15, 0.2) is 10.2 Å². The molecule has 0 aromatic carbocycles. The maximum atomic E-state index is 12.3. The number of ether oxygens (including phenoxy) is 1. The lowest BCUT2D eigenvalue weighted by Gasteiger charge is -2.26. The summed E-state index contributed by atoms with van der Waals surface area (Å²) >= 11 is 0. The van der Waals surface area contributed by atoms with Crippen molar-refractivity contribution >= 4 is 26.7 Å². The van der Waals surface area contributed by atoms with Crippen molar-refractivity contribution < 1.29 is 17.9 Å². The zero-order chi connectivity index (χ0) is 13.9. The molecule has 106 valence electrons. The molecule has 9 heteroatoms. The number of sulfonamides is 1. The molecule has 2 rings (SSSR count). The first kappa shape index (κ1) is 14.1. The van der Waals surface area contributed by atoms with E-state index in [9.17, 15) is 13.2 Å². The van der Waals surface area contributed by atoms with Crippen LogP contribution in [0.5, 0.6) is 0 Å². The van der Waals surface area contributed by atoms with E-state index in [1.54, 1.807) is 6.92 Å². The van der Waals surface area contributed by atoms with E-state index < -0.39 is 16.0 Å². The van der Waals surface area contributed by atoms with Gasteiger partial charge in [-0.15, -0.1) is 10.2 Å².